The molecule has 0 spiro atoms. The second-order valence-electron chi connectivity index (χ2n) is 6.89. The number of hydrogen-bond donors (Lipinski definition) is 0. The van der Waals surface area contributed by atoms with Crippen LogP contribution in [0.15, 0.2) is 6.33 Å². The highest BCUT2D eigenvalue weighted by Gasteiger charge is 2.28. The Morgan fingerprint density at radius 1 is 1.18 bits per heavy atom. The van der Waals surface area contributed by atoms with Crippen molar-refractivity contribution in [2.75, 3.05) is 18.0 Å². The molecule has 0 bridgehead atoms. The summed E-state index contributed by atoms with van der Waals surface area (Å²) >= 11 is 1.87. The fraction of sp³-hybridized carbons (Fsp3) is 0.647. The van der Waals surface area contributed by atoms with Crippen LogP contribution in [0.2, 0.25) is 0 Å². The van der Waals surface area contributed by atoms with E-state index in [2.05, 4.69) is 35.6 Å². The lowest BCUT2D eigenvalue weighted by atomic mass is 9.89. The number of morpholine rings is 1. The van der Waals surface area contributed by atoms with Crippen LogP contribution in [0, 0.1) is 5.92 Å². The van der Waals surface area contributed by atoms with E-state index in [4.69, 9.17) is 4.74 Å². The Balaban J connectivity index is 1.81. The number of anilines is 1. The van der Waals surface area contributed by atoms with Crippen LogP contribution in [0.3, 0.4) is 0 Å². The Bertz CT molecular complexity index is 689. The normalized spacial score (nSPS) is 28.9. The molecule has 0 N–H and O–H groups in total. The van der Waals surface area contributed by atoms with Crippen molar-refractivity contribution in [2.45, 2.75) is 52.2 Å². The highest BCUT2D eigenvalue weighted by molar-refractivity contribution is 7.19. The van der Waals surface area contributed by atoms with Crippen molar-refractivity contribution < 1.29 is 4.74 Å². The number of thiophene rings is 1. The zero-order chi connectivity index (χ0) is 15.3. The van der Waals surface area contributed by atoms with Gasteiger partial charge >= 0.3 is 0 Å². The summed E-state index contributed by atoms with van der Waals surface area (Å²) in [5, 5.41) is 1.32. The van der Waals surface area contributed by atoms with Gasteiger partial charge in [0.2, 0.25) is 0 Å². The molecule has 1 saturated heterocycles. The lowest BCUT2D eigenvalue weighted by molar-refractivity contribution is -0.00537. The average Bonchev–Trinajstić information content (AvgIpc) is 2.83. The molecule has 0 aromatic carbocycles. The highest BCUT2D eigenvalue weighted by Crippen LogP contribution is 2.40. The zero-order valence-electron chi connectivity index (χ0n) is 13.5. The van der Waals surface area contributed by atoms with Crippen LogP contribution in [0.5, 0.6) is 0 Å². The summed E-state index contributed by atoms with van der Waals surface area (Å²) in [6.45, 7) is 8.47. The minimum Gasteiger partial charge on any atom is -0.372 e. The van der Waals surface area contributed by atoms with Gasteiger partial charge in [-0.3, -0.25) is 0 Å². The molecule has 1 fully saturated rings. The zero-order valence-corrected chi connectivity index (χ0v) is 14.3. The first-order valence-corrected chi connectivity index (χ1v) is 9.09. The van der Waals surface area contributed by atoms with E-state index in [0.717, 1.165) is 29.7 Å². The summed E-state index contributed by atoms with van der Waals surface area (Å²) in [4.78, 5) is 14.3. The van der Waals surface area contributed by atoms with Gasteiger partial charge in [-0.1, -0.05) is 6.92 Å². The molecule has 1 aliphatic carbocycles. The summed E-state index contributed by atoms with van der Waals surface area (Å²) in [5.41, 5.74) is 1.51. The van der Waals surface area contributed by atoms with Gasteiger partial charge in [-0.2, -0.15) is 0 Å². The number of nitrogens with zero attached hydrogens (tertiary/aromatic N) is 3. The molecule has 0 radical (unpaired) electrons. The predicted octanol–water partition coefficient (Wildman–Crippen LogP) is 3.43. The number of ether oxygens (including phenoxy) is 1. The number of rotatable bonds is 1. The van der Waals surface area contributed by atoms with Crippen LogP contribution < -0.4 is 4.90 Å². The predicted molar refractivity (Wildman–Crippen MR) is 90.8 cm³/mol. The molecule has 5 heteroatoms. The minimum atomic E-state index is 0.253. The maximum atomic E-state index is 5.88. The van der Waals surface area contributed by atoms with E-state index in [1.165, 1.54) is 35.1 Å². The van der Waals surface area contributed by atoms with Gasteiger partial charge in [-0.15, -0.1) is 11.3 Å². The first kappa shape index (κ1) is 14.4. The second kappa shape index (κ2) is 5.46. The van der Waals surface area contributed by atoms with E-state index in [1.807, 2.05) is 11.3 Å². The van der Waals surface area contributed by atoms with Crippen LogP contribution in [0.4, 0.5) is 5.82 Å². The van der Waals surface area contributed by atoms with Gasteiger partial charge in [0.05, 0.1) is 17.6 Å². The molecule has 1 aliphatic heterocycles. The Hall–Kier alpha value is -1.20. The Kier molecular flexibility index (Phi) is 3.57. The third-order valence-corrected chi connectivity index (χ3v) is 5.95. The SMILES string of the molecule is C[C@H]1CCc2c(sc3ncnc(N4C[C@H](C)O[C@@H](C)C4)c23)C1. The highest BCUT2D eigenvalue weighted by atomic mass is 32.1. The quantitative estimate of drug-likeness (QED) is 0.808. The van der Waals surface area contributed by atoms with Crippen molar-refractivity contribution in [2.24, 2.45) is 5.92 Å². The number of aryl methyl sites for hydroxylation is 1. The van der Waals surface area contributed by atoms with Gasteiger partial charge in [0, 0.05) is 18.0 Å². The van der Waals surface area contributed by atoms with Crippen molar-refractivity contribution in [1.29, 1.82) is 0 Å². The van der Waals surface area contributed by atoms with E-state index in [9.17, 15) is 0 Å². The molecule has 0 amide bonds. The molecule has 22 heavy (non-hydrogen) atoms. The molecule has 4 rings (SSSR count). The molecule has 3 atom stereocenters. The van der Waals surface area contributed by atoms with Crippen LogP contribution in [0.25, 0.3) is 10.2 Å². The van der Waals surface area contributed by atoms with Gasteiger partial charge < -0.3 is 9.64 Å². The monoisotopic (exact) mass is 317 g/mol. The van der Waals surface area contributed by atoms with Crippen LogP contribution in [-0.2, 0) is 17.6 Å². The summed E-state index contributed by atoms with van der Waals surface area (Å²) in [5.74, 6) is 1.92. The first-order chi connectivity index (χ1) is 10.6. The van der Waals surface area contributed by atoms with Crippen molar-refractivity contribution in [1.82, 2.24) is 9.97 Å². The molecule has 4 nitrogen and oxygen atoms in total. The standard InChI is InChI=1S/C17H23N3OS/c1-10-4-5-13-14(6-10)22-17-15(13)16(18-9-19-17)20-7-11(2)21-12(3)8-20/h9-12H,4-8H2,1-3H3/t10-,11-,12-/m0/s1. The molecule has 3 heterocycles. The first-order valence-electron chi connectivity index (χ1n) is 8.27. The third-order valence-electron chi connectivity index (χ3n) is 4.79. The van der Waals surface area contributed by atoms with Crippen molar-refractivity contribution in [3.05, 3.63) is 16.8 Å². The van der Waals surface area contributed by atoms with E-state index in [1.54, 1.807) is 6.33 Å². The molecule has 118 valence electrons. The van der Waals surface area contributed by atoms with Gasteiger partial charge in [0.25, 0.3) is 0 Å². The summed E-state index contributed by atoms with van der Waals surface area (Å²) < 4.78 is 5.88. The third kappa shape index (κ3) is 2.40. The molecular weight excluding hydrogens is 294 g/mol. The molecule has 2 aromatic rings. The van der Waals surface area contributed by atoms with Crippen molar-refractivity contribution in [3.8, 4) is 0 Å². The van der Waals surface area contributed by atoms with Gasteiger partial charge in [0.1, 0.15) is 17.0 Å². The maximum Gasteiger partial charge on any atom is 0.141 e. The Morgan fingerprint density at radius 2 is 1.95 bits per heavy atom. The average molecular weight is 317 g/mol. The summed E-state index contributed by atoms with van der Waals surface area (Å²) in [7, 11) is 0. The van der Waals surface area contributed by atoms with Crippen LogP contribution >= 0.6 is 11.3 Å². The Labute approximate surface area is 135 Å². The van der Waals surface area contributed by atoms with Gasteiger partial charge in [0.15, 0.2) is 0 Å². The fourth-order valence-electron chi connectivity index (χ4n) is 3.85. The minimum absolute atomic E-state index is 0.253. The number of fused-ring (bicyclic) bond motifs is 3. The number of hydrogen-bond acceptors (Lipinski definition) is 5. The molecular formula is C17H23N3OS. The van der Waals surface area contributed by atoms with E-state index < -0.39 is 0 Å². The van der Waals surface area contributed by atoms with Crippen molar-refractivity contribution >= 4 is 27.4 Å². The fourth-order valence-corrected chi connectivity index (χ4v) is 5.19. The molecule has 0 unspecified atom stereocenters. The van der Waals surface area contributed by atoms with Crippen LogP contribution in [-0.4, -0.2) is 35.3 Å². The second-order valence-corrected chi connectivity index (χ2v) is 7.98. The molecule has 0 saturated carbocycles. The number of aromatic nitrogens is 2. The van der Waals surface area contributed by atoms with Gasteiger partial charge in [-0.25, -0.2) is 9.97 Å². The molecule has 2 aliphatic rings. The summed E-state index contributed by atoms with van der Waals surface area (Å²) in [6.07, 6.45) is 5.89. The van der Waals surface area contributed by atoms with Crippen molar-refractivity contribution in [3.63, 3.8) is 0 Å². The topological polar surface area (TPSA) is 38.2 Å². The van der Waals surface area contributed by atoms with Gasteiger partial charge in [-0.05, 0) is 44.6 Å². The van der Waals surface area contributed by atoms with E-state index in [0.29, 0.717) is 0 Å². The Morgan fingerprint density at radius 3 is 2.73 bits per heavy atom. The molecule has 2 aromatic heterocycles. The summed E-state index contributed by atoms with van der Waals surface area (Å²) in [6, 6.07) is 0. The lowest BCUT2D eigenvalue weighted by Crippen LogP contribution is -2.46. The maximum absolute atomic E-state index is 5.88. The smallest absolute Gasteiger partial charge is 0.141 e. The van der Waals surface area contributed by atoms with E-state index in [-0.39, 0.29) is 12.2 Å². The largest absolute Gasteiger partial charge is 0.372 e. The van der Waals surface area contributed by atoms with E-state index >= 15 is 0 Å². The van der Waals surface area contributed by atoms with Crippen LogP contribution in [0.1, 0.15) is 37.6 Å². The lowest BCUT2D eigenvalue weighted by Gasteiger charge is -2.36.